The number of aliphatic hydroxyl groups is 1. The second kappa shape index (κ2) is 7.61. The third-order valence-corrected chi connectivity index (χ3v) is 4.60. The predicted molar refractivity (Wildman–Crippen MR) is 96.5 cm³/mol. The van der Waals surface area contributed by atoms with Crippen LogP contribution in [0, 0.1) is 0 Å². The quantitative estimate of drug-likeness (QED) is 0.779. The van der Waals surface area contributed by atoms with Gasteiger partial charge in [0, 0.05) is 24.8 Å². The van der Waals surface area contributed by atoms with Crippen molar-refractivity contribution in [2.24, 2.45) is 0 Å². The highest BCUT2D eigenvalue weighted by atomic mass is 16.4. The fourth-order valence-electron chi connectivity index (χ4n) is 3.08. The molecule has 3 rings (SSSR count). The maximum Gasteiger partial charge on any atom is 0.315 e. The first-order valence-electron chi connectivity index (χ1n) is 8.65. The van der Waals surface area contributed by atoms with Crippen LogP contribution in [0.4, 0.5) is 10.5 Å². The van der Waals surface area contributed by atoms with E-state index in [0.717, 1.165) is 25.9 Å². The molecule has 1 aliphatic rings. The number of carbonyl (C=O) groups excluding carboxylic acids is 1. The summed E-state index contributed by atoms with van der Waals surface area (Å²) in [6.45, 7) is 3.54. The molecule has 0 aliphatic carbocycles. The first kappa shape index (κ1) is 17.4. The predicted octanol–water partition coefficient (Wildman–Crippen LogP) is 2.46. The second-order valence-corrected chi connectivity index (χ2v) is 6.68. The summed E-state index contributed by atoms with van der Waals surface area (Å²) >= 11 is 0. The van der Waals surface area contributed by atoms with E-state index in [2.05, 4.69) is 27.7 Å². The van der Waals surface area contributed by atoms with Crippen LogP contribution in [-0.2, 0) is 5.60 Å². The summed E-state index contributed by atoms with van der Waals surface area (Å²) in [5.41, 5.74) is -0.00256. The van der Waals surface area contributed by atoms with Gasteiger partial charge in [0.1, 0.15) is 11.4 Å². The summed E-state index contributed by atoms with van der Waals surface area (Å²) in [5, 5.41) is 16.1. The lowest BCUT2D eigenvalue weighted by Gasteiger charge is -2.34. The van der Waals surface area contributed by atoms with Crippen LogP contribution >= 0.6 is 0 Å². The van der Waals surface area contributed by atoms with E-state index in [1.165, 1.54) is 12.0 Å². The number of hydrogen-bond donors (Lipinski definition) is 3. The molecule has 1 atom stereocenters. The fourth-order valence-corrected chi connectivity index (χ4v) is 3.08. The van der Waals surface area contributed by atoms with Crippen LogP contribution in [0.25, 0.3) is 0 Å². The first-order chi connectivity index (χ1) is 12.0. The highest BCUT2D eigenvalue weighted by Crippen LogP contribution is 2.20. The highest BCUT2D eigenvalue weighted by molar-refractivity contribution is 5.74. The van der Waals surface area contributed by atoms with Crippen LogP contribution in [0.15, 0.2) is 53.1 Å². The number of hydrogen-bond acceptors (Lipinski definition) is 4. The summed E-state index contributed by atoms with van der Waals surface area (Å²) < 4.78 is 5.21. The van der Waals surface area contributed by atoms with Gasteiger partial charge in [-0.05, 0) is 44.0 Å². The molecular formula is C19H25N3O3. The van der Waals surface area contributed by atoms with Gasteiger partial charge in [0.25, 0.3) is 0 Å². The molecule has 0 radical (unpaired) electrons. The van der Waals surface area contributed by atoms with Gasteiger partial charge in [0.2, 0.25) is 0 Å². The zero-order valence-corrected chi connectivity index (χ0v) is 14.4. The van der Waals surface area contributed by atoms with Crippen molar-refractivity contribution in [1.82, 2.24) is 10.6 Å². The molecule has 1 unspecified atom stereocenters. The van der Waals surface area contributed by atoms with Gasteiger partial charge < -0.3 is 25.1 Å². The molecule has 25 heavy (non-hydrogen) atoms. The van der Waals surface area contributed by atoms with E-state index in [1.807, 2.05) is 18.2 Å². The average Bonchev–Trinajstić information content (AvgIpc) is 3.17. The summed E-state index contributed by atoms with van der Waals surface area (Å²) in [5.74, 6) is 0.434. The number of piperidine rings is 1. The molecule has 1 aromatic carbocycles. The van der Waals surface area contributed by atoms with E-state index in [1.54, 1.807) is 19.1 Å². The molecule has 0 spiro atoms. The number of para-hydroxylation sites is 1. The third kappa shape index (κ3) is 4.54. The van der Waals surface area contributed by atoms with Crippen molar-refractivity contribution >= 4 is 11.7 Å². The van der Waals surface area contributed by atoms with Crippen LogP contribution in [0.2, 0.25) is 0 Å². The number of anilines is 1. The van der Waals surface area contributed by atoms with Crippen LogP contribution in [0.3, 0.4) is 0 Å². The molecule has 0 saturated carbocycles. The summed E-state index contributed by atoms with van der Waals surface area (Å²) in [6.07, 6.45) is 3.30. The van der Waals surface area contributed by atoms with Gasteiger partial charge in [-0.25, -0.2) is 4.79 Å². The summed E-state index contributed by atoms with van der Waals surface area (Å²) in [6, 6.07) is 13.6. The molecule has 6 heteroatoms. The monoisotopic (exact) mass is 343 g/mol. The number of furan rings is 1. The van der Waals surface area contributed by atoms with Gasteiger partial charge in [0.15, 0.2) is 0 Å². The Balaban J connectivity index is 1.42. The Hall–Kier alpha value is -2.47. The summed E-state index contributed by atoms with van der Waals surface area (Å²) in [4.78, 5) is 14.4. The molecule has 1 aliphatic heterocycles. The lowest BCUT2D eigenvalue weighted by molar-refractivity contribution is 0.0366. The molecule has 0 bridgehead atoms. The molecule has 1 saturated heterocycles. The molecule has 134 valence electrons. The molecule has 2 amide bonds. The zero-order valence-electron chi connectivity index (χ0n) is 14.4. The van der Waals surface area contributed by atoms with Crippen molar-refractivity contribution in [3.8, 4) is 0 Å². The van der Waals surface area contributed by atoms with Crippen LogP contribution in [0.5, 0.6) is 0 Å². The Morgan fingerprint density at radius 2 is 1.96 bits per heavy atom. The summed E-state index contributed by atoms with van der Waals surface area (Å²) in [7, 11) is 0. The number of benzene rings is 1. The van der Waals surface area contributed by atoms with E-state index < -0.39 is 5.60 Å². The number of nitrogens with zero attached hydrogens (tertiary/aromatic N) is 1. The van der Waals surface area contributed by atoms with Gasteiger partial charge in [-0.15, -0.1) is 0 Å². The molecule has 2 aromatic rings. The number of urea groups is 1. The van der Waals surface area contributed by atoms with E-state index in [4.69, 9.17) is 4.42 Å². The minimum atomic E-state index is -1.22. The minimum absolute atomic E-state index is 0.0925. The van der Waals surface area contributed by atoms with Crippen LogP contribution in [0.1, 0.15) is 25.5 Å². The SMILES string of the molecule is CC(O)(CNC(=O)NC1CCN(c2ccccc2)CC1)c1ccco1. The molecule has 3 N–H and O–H groups in total. The Morgan fingerprint density at radius 1 is 1.24 bits per heavy atom. The smallest absolute Gasteiger partial charge is 0.315 e. The lowest BCUT2D eigenvalue weighted by Crippen LogP contribution is -2.50. The number of rotatable bonds is 5. The molecule has 6 nitrogen and oxygen atoms in total. The van der Waals surface area contributed by atoms with Crippen molar-refractivity contribution in [1.29, 1.82) is 0 Å². The second-order valence-electron chi connectivity index (χ2n) is 6.68. The van der Waals surface area contributed by atoms with Crippen LogP contribution < -0.4 is 15.5 Å². The Kier molecular flexibility index (Phi) is 5.28. The number of nitrogens with one attached hydrogen (secondary N) is 2. The van der Waals surface area contributed by atoms with Crippen LogP contribution in [-0.4, -0.2) is 36.8 Å². The van der Waals surface area contributed by atoms with Crippen molar-refractivity contribution in [3.63, 3.8) is 0 Å². The van der Waals surface area contributed by atoms with Crippen molar-refractivity contribution < 1.29 is 14.3 Å². The fraction of sp³-hybridized carbons (Fsp3) is 0.421. The van der Waals surface area contributed by atoms with E-state index in [0.29, 0.717) is 5.76 Å². The van der Waals surface area contributed by atoms with Gasteiger partial charge in [0.05, 0.1) is 12.8 Å². The molecule has 1 aromatic heterocycles. The minimum Gasteiger partial charge on any atom is -0.466 e. The van der Waals surface area contributed by atoms with Crippen molar-refractivity contribution in [3.05, 3.63) is 54.5 Å². The third-order valence-electron chi connectivity index (χ3n) is 4.60. The van der Waals surface area contributed by atoms with Crippen molar-refractivity contribution in [2.45, 2.75) is 31.4 Å². The number of amides is 2. The van der Waals surface area contributed by atoms with Gasteiger partial charge in [-0.3, -0.25) is 0 Å². The largest absolute Gasteiger partial charge is 0.466 e. The maximum absolute atomic E-state index is 12.1. The van der Waals surface area contributed by atoms with Crippen molar-refractivity contribution in [2.75, 3.05) is 24.5 Å². The number of carbonyl (C=O) groups is 1. The van der Waals surface area contributed by atoms with Gasteiger partial charge in [-0.1, -0.05) is 18.2 Å². The van der Waals surface area contributed by atoms with E-state index >= 15 is 0 Å². The average molecular weight is 343 g/mol. The first-order valence-corrected chi connectivity index (χ1v) is 8.65. The van der Waals surface area contributed by atoms with Gasteiger partial charge >= 0.3 is 6.03 Å². The molecule has 1 fully saturated rings. The molecule has 2 heterocycles. The topological polar surface area (TPSA) is 77.7 Å². The lowest BCUT2D eigenvalue weighted by atomic mass is 10.0. The Morgan fingerprint density at radius 3 is 2.60 bits per heavy atom. The normalized spacial score (nSPS) is 17.8. The standard InChI is InChI=1S/C19H25N3O3/c1-19(24,17-8-5-13-25-17)14-20-18(23)21-15-9-11-22(12-10-15)16-6-3-2-4-7-16/h2-8,13,15,24H,9-12,14H2,1H3,(H2,20,21,23). The van der Waals surface area contributed by atoms with E-state index in [-0.39, 0.29) is 18.6 Å². The Bertz CT molecular complexity index is 662. The highest BCUT2D eigenvalue weighted by Gasteiger charge is 2.27. The van der Waals surface area contributed by atoms with Gasteiger partial charge in [-0.2, -0.15) is 0 Å². The zero-order chi connectivity index (χ0) is 17.7. The maximum atomic E-state index is 12.1. The van der Waals surface area contributed by atoms with E-state index in [9.17, 15) is 9.90 Å². The Labute approximate surface area is 147 Å². The molecular weight excluding hydrogens is 318 g/mol.